The molecule has 0 saturated carbocycles. The zero-order valence-electron chi connectivity index (χ0n) is 15.5. The fourth-order valence-electron chi connectivity index (χ4n) is 2.81. The highest BCUT2D eigenvalue weighted by Crippen LogP contribution is 2.25. The van der Waals surface area contributed by atoms with E-state index in [0.29, 0.717) is 0 Å². The molecule has 2 rings (SSSR count). The minimum Gasteiger partial charge on any atom is -0.497 e. The molecule has 0 aliphatic carbocycles. The number of methoxy groups -OCH3 is 1. The molecular formula is C19H28N4O2. The van der Waals surface area contributed by atoms with Crippen molar-refractivity contribution in [2.24, 2.45) is 4.99 Å². The normalized spacial score (nSPS) is 15.0. The lowest BCUT2D eigenvalue weighted by molar-refractivity contribution is -0.120. The van der Waals surface area contributed by atoms with E-state index in [1.807, 2.05) is 26.0 Å². The summed E-state index contributed by atoms with van der Waals surface area (Å²) in [6, 6.07) is 8.26. The second-order valence-electron chi connectivity index (χ2n) is 6.28. The fourth-order valence-corrected chi connectivity index (χ4v) is 2.81. The lowest BCUT2D eigenvalue weighted by Gasteiger charge is -2.29. The van der Waals surface area contributed by atoms with Crippen LogP contribution >= 0.6 is 0 Å². The average molecular weight is 344 g/mol. The Hall–Kier alpha value is -2.50. The number of carbonyl (C=O) groups excluding carboxylic acids is 1. The van der Waals surface area contributed by atoms with Crippen molar-refractivity contribution in [3.63, 3.8) is 0 Å². The van der Waals surface area contributed by atoms with Gasteiger partial charge in [0.15, 0.2) is 5.96 Å². The number of hydrogen-bond donors (Lipinski definition) is 2. The Morgan fingerprint density at radius 2 is 2.20 bits per heavy atom. The average Bonchev–Trinajstić information content (AvgIpc) is 2.62. The Labute approximate surface area is 150 Å². The molecule has 1 aliphatic heterocycles. The molecule has 1 aliphatic rings. The predicted molar refractivity (Wildman–Crippen MR) is 102 cm³/mol. The van der Waals surface area contributed by atoms with E-state index >= 15 is 0 Å². The number of benzene rings is 1. The van der Waals surface area contributed by atoms with E-state index in [1.54, 1.807) is 14.2 Å². The summed E-state index contributed by atoms with van der Waals surface area (Å²) < 4.78 is 5.30. The van der Waals surface area contributed by atoms with Crippen molar-refractivity contribution >= 4 is 17.4 Å². The molecule has 0 bridgehead atoms. The molecular weight excluding hydrogens is 316 g/mol. The molecule has 0 saturated heterocycles. The molecule has 0 unspecified atom stereocenters. The molecule has 0 radical (unpaired) electrons. The Kier molecular flexibility index (Phi) is 6.86. The highest BCUT2D eigenvalue weighted by molar-refractivity contribution is 5.87. The second-order valence-corrected chi connectivity index (χ2v) is 6.28. The van der Waals surface area contributed by atoms with Crippen molar-refractivity contribution in [2.45, 2.75) is 26.3 Å². The lowest BCUT2D eigenvalue weighted by atomic mass is 9.99. The van der Waals surface area contributed by atoms with Crippen LogP contribution in [0.5, 0.6) is 5.75 Å². The highest BCUT2D eigenvalue weighted by Gasteiger charge is 2.17. The number of ether oxygens (including phenoxy) is 1. The molecule has 6 nitrogen and oxygen atoms in total. The Morgan fingerprint density at radius 3 is 2.80 bits per heavy atom. The van der Waals surface area contributed by atoms with E-state index in [1.165, 1.54) is 11.1 Å². The highest BCUT2D eigenvalue weighted by atomic mass is 16.5. The molecule has 136 valence electrons. The first kappa shape index (κ1) is 18.8. The van der Waals surface area contributed by atoms with Crippen molar-refractivity contribution in [1.29, 1.82) is 0 Å². The number of hydrogen-bond acceptors (Lipinski definition) is 3. The third-order valence-corrected chi connectivity index (χ3v) is 4.02. The molecule has 0 aromatic heterocycles. The summed E-state index contributed by atoms with van der Waals surface area (Å²) in [6.07, 6.45) is 3.13. The van der Waals surface area contributed by atoms with Crippen molar-refractivity contribution in [3.05, 3.63) is 35.9 Å². The number of aliphatic imine (C=N–C) groups is 1. The second kappa shape index (κ2) is 9.11. The fraction of sp³-hybridized carbons (Fsp3) is 0.474. The number of carbonyl (C=O) groups is 1. The van der Waals surface area contributed by atoms with E-state index in [0.717, 1.165) is 31.2 Å². The van der Waals surface area contributed by atoms with Gasteiger partial charge in [0.2, 0.25) is 5.91 Å². The van der Waals surface area contributed by atoms with Crippen LogP contribution in [0.25, 0.3) is 5.57 Å². The van der Waals surface area contributed by atoms with Crippen molar-refractivity contribution in [1.82, 2.24) is 15.5 Å². The lowest BCUT2D eigenvalue weighted by Crippen LogP contribution is -2.47. The first-order valence-corrected chi connectivity index (χ1v) is 8.62. The monoisotopic (exact) mass is 344 g/mol. The van der Waals surface area contributed by atoms with Gasteiger partial charge in [-0.2, -0.15) is 0 Å². The number of guanidine groups is 1. The standard InChI is InChI=1S/C19H28N4O2/c1-14(2)22-18(24)13-21-19(20-3)23-10-8-15(9-11-23)16-6-5-7-17(12-16)25-4/h5-8,12,14H,9-11,13H2,1-4H3,(H,20,21)(H,22,24). The zero-order valence-corrected chi connectivity index (χ0v) is 15.5. The van der Waals surface area contributed by atoms with Gasteiger partial charge in [0, 0.05) is 26.2 Å². The van der Waals surface area contributed by atoms with Gasteiger partial charge in [0.05, 0.1) is 13.7 Å². The van der Waals surface area contributed by atoms with Crippen LogP contribution in [0, 0.1) is 0 Å². The van der Waals surface area contributed by atoms with E-state index in [-0.39, 0.29) is 18.5 Å². The third kappa shape index (κ3) is 5.52. The summed E-state index contributed by atoms with van der Waals surface area (Å²) in [5.74, 6) is 1.59. The molecule has 0 atom stereocenters. The minimum absolute atomic E-state index is 0.0271. The summed E-state index contributed by atoms with van der Waals surface area (Å²) >= 11 is 0. The number of amides is 1. The van der Waals surface area contributed by atoms with Crippen LogP contribution in [0.15, 0.2) is 35.3 Å². The van der Waals surface area contributed by atoms with Crippen molar-refractivity contribution in [3.8, 4) is 5.75 Å². The van der Waals surface area contributed by atoms with Gasteiger partial charge in [-0.3, -0.25) is 9.79 Å². The van der Waals surface area contributed by atoms with Gasteiger partial charge in [0.25, 0.3) is 0 Å². The topological polar surface area (TPSA) is 66.0 Å². The van der Waals surface area contributed by atoms with Gasteiger partial charge in [-0.15, -0.1) is 0 Å². The maximum atomic E-state index is 11.8. The Morgan fingerprint density at radius 1 is 1.40 bits per heavy atom. The summed E-state index contributed by atoms with van der Waals surface area (Å²) in [5, 5.41) is 6.00. The molecule has 0 fully saturated rings. The number of nitrogens with zero attached hydrogens (tertiary/aromatic N) is 2. The summed E-state index contributed by atoms with van der Waals surface area (Å²) in [4.78, 5) is 18.2. The Bertz CT molecular complexity index is 653. The predicted octanol–water partition coefficient (Wildman–Crippen LogP) is 1.88. The van der Waals surface area contributed by atoms with Crippen LogP contribution in [-0.4, -0.2) is 56.6 Å². The van der Waals surface area contributed by atoms with Gasteiger partial charge in [-0.25, -0.2) is 0 Å². The van der Waals surface area contributed by atoms with E-state index in [9.17, 15) is 4.79 Å². The van der Waals surface area contributed by atoms with Crippen LogP contribution in [0.1, 0.15) is 25.8 Å². The van der Waals surface area contributed by atoms with Crippen LogP contribution in [-0.2, 0) is 4.79 Å². The maximum absolute atomic E-state index is 11.8. The molecule has 1 heterocycles. The maximum Gasteiger partial charge on any atom is 0.239 e. The van der Waals surface area contributed by atoms with E-state index in [4.69, 9.17) is 4.74 Å². The van der Waals surface area contributed by atoms with Gasteiger partial charge in [-0.1, -0.05) is 18.2 Å². The van der Waals surface area contributed by atoms with Crippen LogP contribution in [0.2, 0.25) is 0 Å². The number of nitrogens with one attached hydrogen (secondary N) is 2. The SMILES string of the molecule is CN=C(NCC(=O)NC(C)C)N1CC=C(c2cccc(OC)c2)CC1. The summed E-state index contributed by atoms with van der Waals surface area (Å²) in [6.45, 7) is 5.74. The summed E-state index contributed by atoms with van der Waals surface area (Å²) in [5.41, 5.74) is 2.50. The van der Waals surface area contributed by atoms with Gasteiger partial charge in [-0.05, 0) is 43.5 Å². The van der Waals surface area contributed by atoms with E-state index < -0.39 is 0 Å². The van der Waals surface area contributed by atoms with Crippen LogP contribution in [0.4, 0.5) is 0 Å². The van der Waals surface area contributed by atoms with Crippen molar-refractivity contribution in [2.75, 3.05) is 33.8 Å². The minimum atomic E-state index is -0.0271. The van der Waals surface area contributed by atoms with Crippen LogP contribution < -0.4 is 15.4 Å². The number of rotatable bonds is 5. The Balaban J connectivity index is 1.94. The van der Waals surface area contributed by atoms with Crippen molar-refractivity contribution < 1.29 is 9.53 Å². The first-order chi connectivity index (χ1) is 12.0. The van der Waals surface area contributed by atoms with Gasteiger partial charge in [0.1, 0.15) is 5.75 Å². The van der Waals surface area contributed by atoms with Crippen LogP contribution in [0.3, 0.4) is 0 Å². The zero-order chi connectivity index (χ0) is 18.2. The van der Waals surface area contributed by atoms with E-state index in [2.05, 4.69) is 38.7 Å². The molecule has 1 aromatic carbocycles. The van der Waals surface area contributed by atoms with Gasteiger partial charge >= 0.3 is 0 Å². The third-order valence-electron chi connectivity index (χ3n) is 4.02. The molecule has 0 spiro atoms. The van der Waals surface area contributed by atoms with Gasteiger partial charge < -0.3 is 20.3 Å². The molecule has 2 N–H and O–H groups in total. The molecule has 1 amide bonds. The largest absolute Gasteiger partial charge is 0.497 e. The smallest absolute Gasteiger partial charge is 0.239 e. The molecule has 25 heavy (non-hydrogen) atoms. The molecule has 1 aromatic rings. The quantitative estimate of drug-likeness (QED) is 0.632. The molecule has 6 heteroatoms. The first-order valence-electron chi connectivity index (χ1n) is 8.62. The summed E-state index contributed by atoms with van der Waals surface area (Å²) in [7, 11) is 3.42.